The fraction of sp³-hybridized carbons (Fsp3) is 0.0833. The lowest BCUT2D eigenvalue weighted by Crippen LogP contribution is -2.12. The molecule has 1 aromatic heterocycles. The van der Waals surface area contributed by atoms with E-state index in [1.54, 1.807) is 0 Å². The van der Waals surface area contributed by atoms with E-state index in [1.807, 2.05) is 0 Å². The van der Waals surface area contributed by atoms with E-state index < -0.39 is 21.8 Å². The first-order chi connectivity index (χ1) is 9.70. The van der Waals surface area contributed by atoms with Crippen molar-refractivity contribution in [1.82, 2.24) is 4.57 Å². The van der Waals surface area contributed by atoms with Crippen molar-refractivity contribution in [3.8, 4) is 0 Å². The molecule has 2 N–H and O–H groups in total. The summed E-state index contributed by atoms with van der Waals surface area (Å²) in [6.45, 7) is 0. The van der Waals surface area contributed by atoms with Crippen molar-refractivity contribution in [2.75, 3.05) is 4.72 Å². The molecule has 0 radical (unpaired) electrons. The Morgan fingerprint density at radius 2 is 2.05 bits per heavy atom. The van der Waals surface area contributed by atoms with Gasteiger partial charge < -0.3 is 9.67 Å². The quantitative estimate of drug-likeness (QED) is 0.857. The van der Waals surface area contributed by atoms with E-state index in [9.17, 15) is 17.6 Å². The second-order valence-electron chi connectivity index (χ2n) is 4.21. The fourth-order valence-electron chi connectivity index (χ4n) is 1.67. The molecule has 0 spiro atoms. The molecule has 112 valence electrons. The molecule has 21 heavy (non-hydrogen) atoms. The maximum absolute atomic E-state index is 13.2. The van der Waals surface area contributed by atoms with Gasteiger partial charge in [-0.3, -0.25) is 4.72 Å². The fourth-order valence-corrected chi connectivity index (χ4v) is 3.29. The Balaban J connectivity index is 2.41. The molecule has 2 rings (SSSR count). The van der Waals surface area contributed by atoms with Crippen LogP contribution in [0, 0.1) is 5.82 Å². The first-order valence-electron chi connectivity index (χ1n) is 5.58. The minimum Gasteiger partial charge on any atom is -0.477 e. The summed E-state index contributed by atoms with van der Waals surface area (Å²) in [6, 6.07) is 4.58. The lowest BCUT2D eigenvalue weighted by molar-refractivity contribution is 0.0686. The normalized spacial score (nSPS) is 11.4. The first-order valence-corrected chi connectivity index (χ1v) is 7.86. The van der Waals surface area contributed by atoms with Gasteiger partial charge in [-0.25, -0.2) is 17.6 Å². The SMILES string of the molecule is Cn1cc(S(=O)(=O)Nc2cc(F)ccc2Br)cc1C(=O)O. The molecule has 0 saturated carbocycles. The number of halogens is 2. The maximum Gasteiger partial charge on any atom is 0.352 e. The van der Waals surface area contributed by atoms with Crippen LogP contribution in [-0.2, 0) is 17.1 Å². The predicted octanol–water partition coefficient (Wildman–Crippen LogP) is 2.43. The lowest BCUT2D eigenvalue weighted by atomic mass is 10.3. The van der Waals surface area contributed by atoms with Gasteiger partial charge in [-0.2, -0.15) is 0 Å². The molecule has 0 unspecified atom stereocenters. The van der Waals surface area contributed by atoms with E-state index in [1.165, 1.54) is 29.9 Å². The van der Waals surface area contributed by atoms with E-state index in [-0.39, 0.29) is 16.3 Å². The van der Waals surface area contributed by atoms with Crippen LogP contribution in [0.1, 0.15) is 10.5 Å². The van der Waals surface area contributed by atoms with Crippen LogP contribution in [0.4, 0.5) is 10.1 Å². The van der Waals surface area contributed by atoms with Gasteiger partial charge in [0.15, 0.2) is 0 Å². The van der Waals surface area contributed by atoms with E-state index in [0.717, 1.165) is 12.1 Å². The van der Waals surface area contributed by atoms with Gasteiger partial charge in [-0.15, -0.1) is 0 Å². The number of benzene rings is 1. The number of aromatic carboxylic acids is 1. The second kappa shape index (κ2) is 5.49. The van der Waals surface area contributed by atoms with Crippen LogP contribution in [0.15, 0.2) is 39.8 Å². The highest BCUT2D eigenvalue weighted by atomic mass is 79.9. The topological polar surface area (TPSA) is 88.4 Å². The Morgan fingerprint density at radius 3 is 2.62 bits per heavy atom. The van der Waals surface area contributed by atoms with Crippen molar-refractivity contribution in [3.05, 3.63) is 46.4 Å². The summed E-state index contributed by atoms with van der Waals surface area (Å²) in [4.78, 5) is 10.7. The van der Waals surface area contributed by atoms with Gasteiger partial charge in [0.05, 0.1) is 5.69 Å². The number of aryl methyl sites for hydroxylation is 1. The van der Waals surface area contributed by atoms with E-state index >= 15 is 0 Å². The number of aromatic nitrogens is 1. The molecule has 0 bridgehead atoms. The van der Waals surface area contributed by atoms with Crippen LogP contribution in [0.2, 0.25) is 0 Å². The smallest absolute Gasteiger partial charge is 0.352 e. The van der Waals surface area contributed by atoms with Crippen molar-refractivity contribution in [3.63, 3.8) is 0 Å². The average Bonchev–Trinajstić information content (AvgIpc) is 2.77. The van der Waals surface area contributed by atoms with Crippen molar-refractivity contribution in [2.24, 2.45) is 7.05 Å². The molecular weight excluding hydrogens is 367 g/mol. The maximum atomic E-state index is 13.2. The van der Waals surface area contributed by atoms with Crippen LogP contribution >= 0.6 is 15.9 Å². The Bertz CT molecular complexity index is 817. The predicted molar refractivity (Wildman–Crippen MR) is 77.3 cm³/mol. The van der Waals surface area contributed by atoms with E-state index in [0.29, 0.717) is 4.47 Å². The Morgan fingerprint density at radius 1 is 1.38 bits per heavy atom. The van der Waals surface area contributed by atoms with Gasteiger partial charge >= 0.3 is 5.97 Å². The molecule has 2 aromatic rings. The van der Waals surface area contributed by atoms with Crippen LogP contribution in [0.3, 0.4) is 0 Å². The number of hydrogen-bond acceptors (Lipinski definition) is 3. The van der Waals surface area contributed by atoms with Crippen LogP contribution in [0.25, 0.3) is 0 Å². The number of nitrogens with one attached hydrogen (secondary N) is 1. The Kier molecular flexibility index (Phi) is 4.06. The number of rotatable bonds is 4. The van der Waals surface area contributed by atoms with Gasteiger partial charge in [0.2, 0.25) is 0 Å². The van der Waals surface area contributed by atoms with Gasteiger partial charge in [-0.1, -0.05) is 0 Å². The number of nitrogens with zero attached hydrogens (tertiary/aromatic N) is 1. The number of anilines is 1. The van der Waals surface area contributed by atoms with E-state index in [4.69, 9.17) is 5.11 Å². The van der Waals surface area contributed by atoms with Crippen molar-refractivity contribution in [2.45, 2.75) is 4.90 Å². The highest BCUT2D eigenvalue weighted by Crippen LogP contribution is 2.26. The van der Waals surface area contributed by atoms with Crippen LogP contribution in [-0.4, -0.2) is 24.1 Å². The number of carboxylic acids is 1. The second-order valence-corrected chi connectivity index (χ2v) is 6.74. The van der Waals surface area contributed by atoms with Crippen molar-refractivity contribution >= 4 is 37.6 Å². The average molecular weight is 377 g/mol. The molecule has 0 amide bonds. The minimum absolute atomic E-state index is 0.0238. The van der Waals surface area contributed by atoms with Crippen LogP contribution < -0.4 is 4.72 Å². The summed E-state index contributed by atoms with van der Waals surface area (Å²) in [5.41, 5.74) is -0.149. The summed E-state index contributed by atoms with van der Waals surface area (Å²) in [5, 5.41) is 8.92. The number of carboxylic acid groups (broad SMARTS) is 1. The highest BCUT2D eigenvalue weighted by molar-refractivity contribution is 9.10. The van der Waals surface area contributed by atoms with E-state index in [2.05, 4.69) is 20.7 Å². The molecule has 1 aromatic carbocycles. The molecule has 0 atom stereocenters. The van der Waals surface area contributed by atoms with Gasteiger partial charge in [-0.05, 0) is 40.2 Å². The minimum atomic E-state index is -4.02. The number of hydrogen-bond donors (Lipinski definition) is 2. The standard InChI is InChI=1S/C12H10BrFN2O4S/c1-16-6-8(5-11(16)12(17)18)21(19,20)15-10-4-7(14)2-3-9(10)13/h2-6,15H,1H3,(H,17,18). The largest absolute Gasteiger partial charge is 0.477 e. The van der Waals surface area contributed by atoms with Gasteiger partial charge in [0, 0.05) is 17.7 Å². The third-order valence-electron chi connectivity index (χ3n) is 2.68. The molecule has 9 heteroatoms. The van der Waals surface area contributed by atoms with Crippen molar-refractivity contribution in [1.29, 1.82) is 0 Å². The summed E-state index contributed by atoms with van der Waals surface area (Å²) < 4.78 is 41.3. The summed E-state index contributed by atoms with van der Waals surface area (Å²) in [6.07, 6.45) is 1.17. The molecule has 0 aliphatic heterocycles. The summed E-state index contributed by atoms with van der Waals surface area (Å²) in [7, 11) is -2.60. The Hall–Kier alpha value is -1.87. The zero-order chi connectivity index (χ0) is 15.8. The summed E-state index contributed by atoms with van der Waals surface area (Å²) in [5.74, 6) is -1.85. The zero-order valence-corrected chi connectivity index (χ0v) is 13.1. The molecule has 0 aliphatic carbocycles. The Labute approximate surface area is 128 Å². The number of carbonyl (C=O) groups is 1. The third-order valence-corrected chi connectivity index (χ3v) is 4.71. The van der Waals surface area contributed by atoms with Gasteiger partial charge in [0.25, 0.3) is 10.0 Å². The lowest BCUT2D eigenvalue weighted by Gasteiger charge is -2.08. The highest BCUT2D eigenvalue weighted by Gasteiger charge is 2.21. The molecular formula is C12H10BrFN2O4S. The molecule has 0 aliphatic rings. The van der Waals surface area contributed by atoms with Crippen molar-refractivity contribution < 1.29 is 22.7 Å². The molecule has 6 nitrogen and oxygen atoms in total. The van der Waals surface area contributed by atoms with Crippen LogP contribution in [0.5, 0.6) is 0 Å². The zero-order valence-electron chi connectivity index (χ0n) is 10.7. The molecule has 1 heterocycles. The van der Waals surface area contributed by atoms with Gasteiger partial charge in [0.1, 0.15) is 16.4 Å². The number of sulfonamides is 1. The molecule has 0 saturated heterocycles. The summed E-state index contributed by atoms with van der Waals surface area (Å²) >= 11 is 3.11. The first kappa shape index (κ1) is 15.5. The monoisotopic (exact) mass is 376 g/mol. The molecule has 0 fully saturated rings. The third kappa shape index (κ3) is 3.24.